The highest BCUT2D eigenvalue weighted by Crippen LogP contribution is 2.47. The summed E-state index contributed by atoms with van der Waals surface area (Å²) in [5.74, 6) is 0.979. The van der Waals surface area contributed by atoms with Gasteiger partial charge in [0.15, 0.2) is 0 Å². The van der Waals surface area contributed by atoms with Crippen molar-refractivity contribution in [3.05, 3.63) is 95.6 Å². The van der Waals surface area contributed by atoms with Crippen LogP contribution in [0.15, 0.2) is 78.9 Å². The summed E-state index contributed by atoms with van der Waals surface area (Å²) >= 11 is 0. The van der Waals surface area contributed by atoms with Gasteiger partial charge in [-0.25, -0.2) is 4.57 Å². The molecule has 0 bridgehead atoms. The van der Waals surface area contributed by atoms with E-state index in [4.69, 9.17) is 9.05 Å². The molecule has 1 N–H and O–H groups in total. The van der Waals surface area contributed by atoms with E-state index < -0.39 is 7.75 Å². The predicted molar refractivity (Wildman–Crippen MR) is 109 cm³/mol. The van der Waals surface area contributed by atoms with Crippen LogP contribution >= 0.6 is 7.75 Å². The van der Waals surface area contributed by atoms with Crippen LogP contribution in [0.3, 0.4) is 0 Å². The molecule has 5 heteroatoms. The van der Waals surface area contributed by atoms with Crippen molar-refractivity contribution >= 4 is 7.75 Å². The minimum Gasteiger partial charge on any atom is -0.405 e. The van der Waals surface area contributed by atoms with Gasteiger partial charge in [-0.05, 0) is 50.6 Å². The van der Waals surface area contributed by atoms with Gasteiger partial charge in [0, 0.05) is 6.04 Å². The topological polar surface area (TPSA) is 47.6 Å². The Morgan fingerprint density at radius 3 is 1.63 bits per heavy atom. The molecule has 3 aromatic carbocycles. The van der Waals surface area contributed by atoms with Crippen LogP contribution in [0.5, 0.6) is 11.5 Å². The highest BCUT2D eigenvalue weighted by molar-refractivity contribution is 7.52. The number of hydrogen-bond acceptors (Lipinski definition) is 3. The van der Waals surface area contributed by atoms with Crippen molar-refractivity contribution in [3.8, 4) is 11.5 Å². The standard InChI is InChI=1S/C22H24NO3P/c1-17-9-13-21(14-10-17)25-27(24,26-22-15-11-18(2)12-16-22)23-19(3)20-7-5-4-6-8-20/h4-16,19H,1-3H3,(H,23,24)/t19-/m1/s1. The predicted octanol–water partition coefficient (Wildman–Crippen LogP) is 6.22. The first kappa shape index (κ1) is 19.2. The van der Waals surface area contributed by atoms with Gasteiger partial charge in [0.25, 0.3) is 0 Å². The van der Waals surface area contributed by atoms with Gasteiger partial charge >= 0.3 is 7.75 Å². The van der Waals surface area contributed by atoms with E-state index in [9.17, 15) is 4.57 Å². The van der Waals surface area contributed by atoms with Crippen molar-refractivity contribution in [1.82, 2.24) is 5.09 Å². The van der Waals surface area contributed by atoms with Gasteiger partial charge in [-0.2, -0.15) is 5.09 Å². The first-order valence-corrected chi connectivity index (χ1v) is 10.4. The molecule has 0 radical (unpaired) electrons. The molecule has 0 amide bonds. The summed E-state index contributed by atoms with van der Waals surface area (Å²) in [5, 5.41) is 3.05. The van der Waals surface area contributed by atoms with E-state index in [-0.39, 0.29) is 6.04 Å². The Bertz CT molecular complexity index is 857. The molecule has 4 nitrogen and oxygen atoms in total. The molecule has 0 unspecified atom stereocenters. The van der Waals surface area contributed by atoms with Gasteiger partial charge in [-0.15, -0.1) is 0 Å². The number of nitrogens with one attached hydrogen (secondary N) is 1. The Hall–Kier alpha value is -2.55. The minimum absolute atomic E-state index is 0.215. The lowest BCUT2D eigenvalue weighted by Gasteiger charge is -2.24. The van der Waals surface area contributed by atoms with Crippen LogP contribution in [-0.2, 0) is 4.57 Å². The Labute approximate surface area is 160 Å². The average molecular weight is 381 g/mol. The lowest BCUT2D eigenvalue weighted by Crippen LogP contribution is -2.22. The van der Waals surface area contributed by atoms with E-state index in [1.807, 2.05) is 75.4 Å². The molecular weight excluding hydrogens is 357 g/mol. The third kappa shape index (κ3) is 5.46. The molecule has 0 saturated carbocycles. The number of rotatable bonds is 7. The first-order chi connectivity index (χ1) is 12.9. The van der Waals surface area contributed by atoms with E-state index in [0.29, 0.717) is 11.5 Å². The van der Waals surface area contributed by atoms with Crippen molar-refractivity contribution in [2.45, 2.75) is 26.8 Å². The fourth-order valence-electron chi connectivity index (χ4n) is 2.60. The van der Waals surface area contributed by atoms with Crippen LogP contribution in [0.2, 0.25) is 0 Å². The van der Waals surface area contributed by atoms with Crippen LogP contribution in [-0.4, -0.2) is 0 Å². The molecule has 0 spiro atoms. The highest BCUT2D eigenvalue weighted by Gasteiger charge is 2.31. The highest BCUT2D eigenvalue weighted by atomic mass is 31.2. The fraction of sp³-hybridized carbons (Fsp3) is 0.182. The number of hydrogen-bond donors (Lipinski definition) is 1. The zero-order valence-electron chi connectivity index (χ0n) is 15.8. The van der Waals surface area contributed by atoms with Gasteiger partial charge in [0.05, 0.1) is 0 Å². The Kier molecular flexibility index (Phi) is 6.00. The summed E-state index contributed by atoms with van der Waals surface area (Å²) in [6, 6.07) is 24.3. The lowest BCUT2D eigenvalue weighted by atomic mass is 10.1. The van der Waals surface area contributed by atoms with Gasteiger partial charge in [0.2, 0.25) is 0 Å². The van der Waals surface area contributed by atoms with Crippen LogP contribution in [0.4, 0.5) is 0 Å². The Morgan fingerprint density at radius 2 is 1.19 bits per heavy atom. The van der Waals surface area contributed by atoms with Crippen molar-refractivity contribution in [2.75, 3.05) is 0 Å². The van der Waals surface area contributed by atoms with E-state index in [1.54, 1.807) is 24.3 Å². The molecule has 3 aromatic rings. The summed E-state index contributed by atoms with van der Waals surface area (Å²) in [5.41, 5.74) is 3.20. The zero-order chi connectivity index (χ0) is 19.3. The molecule has 0 fully saturated rings. The molecule has 0 saturated heterocycles. The fourth-order valence-corrected chi connectivity index (χ4v) is 4.17. The second kappa shape index (κ2) is 8.43. The van der Waals surface area contributed by atoms with Gasteiger partial charge < -0.3 is 9.05 Å². The third-order valence-electron chi connectivity index (χ3n) is 4.14. The lowest BCUT2D eigenvalue weighted by molar-refractivity contribution is 0.363. The maximum Gasteiger partial charge on any atom is 0.513 e. The largest absolute Gasteiger partial charge is 0.513 e. The summed E-state index contributed by atoms with van der Waals surface area (Å²) in [6.07, 6.45) is 0. The van der Waals surface area contributed by atoms with E-state index in [1.165, 1.54) is 0 Å². The molecule has 140 valence electrons. The van der Waals surface area contributed by atoms with Gasteiger partial charge in [-0.1, -0.05) is 65.7 Å². The minimum atomic E-state index is -3.66. The van der Waals surface area contributed by atoms with Crippen LogP contribution < -0.4 is 14.1 Å². The monoisotopic (exact) mass is 381 g/mol. The molecular formula is C22H24NO3P. The van der Waals surface area contributed by atoms with Crippen molar-refractivity contribution in [1.29, 1.82) is 0 Å². The summed E-state index contributed by atoms with van der Waals surface area (Å²) < 4.78 is 25.2. The SMILES string of the molecule is Cc1ccc(OP(=O)(N[C@H](C)c2ccccc2)Oc2ccc(C)cc2)cc1. The van der Waals surface area contributed by atoms with Crippen molar-refractivity contribution in [2.24, 2.45) is 0 Å². The quantitative estimate of drug-likeness (QED) is 0.494. The molecule has 0 aliphatic heterocycles. The average Bonchev–Trinajstić information content (AvgIpc) is 2.66. The second-order valence-electron chi connectivity index (χ2n) is 6.57. The maximum absolute atomic E-state index is 13.6. The summed E-state index contributed by atoms with van der Waals surface area (Å²) in [7, 11) is -3.66. The second-order valence-corrected chi connectivity index (χ2v) is 8.19. The van der Waals surface area contributed by atoms with Crippen molar-refractivity contribution < 1.29 is 13.6 Å². The van der Waals surface area contributed by atoms with E-state index in [2.05, 4.69) is 5.09 Å². The van der Waals surface area contributed by atoms with E-state index in [0.717, 1.165) is 16.7 Å². The molecule has 3 rings (SSSR count). The Balaban J connectivity index is 1.85. The third-order valence-corrected chi connectivity index (χ3v) is 5.75. The van der Waals surface area contributed by atoms with Crippen LogP contribution in [0.1, 0.15) is 29.7 Å². The molecule has 1 atom stereocenters. The summed E-state index contributed by atoms with van der Waals surface area (Å²) in [6.45, 7) is 5.91. The van der Waals surface area contributed by atoms with E-state index >= 15 is 0 Å². The molecule has 0 heterocycles. The van der Waals surface area contributed by atoms with Crippen LogP contribution in [0, 0.1) is 13.8 Å². The smallest absolute Gasteiger partial charge is 0.405 e. The number of benzene rings is 3. The van der Waals surface area contributed by atoms with Gasteiger partial charge in [-0.3, -0.25) is 0 Å². The summed E-state index contributed by atoms with van der Waals surface area (Å²) in [4.78, 5) is 0. The van der Waals surface area contributed by atoms with Crippen LogP contribution in [0.25, 0.3) is 0 Å². The Morgan fingerprint density at radius 1 is 0.741 bits per heavy atom. The normalized spacial score (nSPS) is 12.4. The van der Waals surface area contributed by atoms with Crippen molar-refractivity contribution in [3.63, 3.8) is 0 Å². The molecule has 27 heavy (non-hydrogen) atoms. The first-order valence-electron chi connectivity index (χ1n) is 8.89. The molecule has 0 aromatic heterocycles. The van der Waals surface area contributed by atoms with Gasteiger partial charge in [0.1, 0.15) is 11.5 Å². The number of aryl methyl sites for hydroxylation is 2. The molecule has 0 aliphatic rings. The maximum atomic E-state index is 13.6. The molecule has 0 aliphatic carbocycles. The zero-order valence-corrected chi connectivity index (χ0v) is 16.6.